The molecule has 0 aromatic carbocycles. The molecule has 1 aromatic rings. The first-order valence-corrected chi connectivity index (χ1v) is 22.6. The van der Waals surface area contributed by atoms with Crippen molar-refractivity contribution in [3.8, 4) is 0 Å². The van der Waals surface area contributed by atoms with Crippen molar-refractivity contribution in [3.05, 3.63) is 18.7 Å². The van der Waals surface area contributed by atoms with Gasteiger partial charge < -0.3 is 23.3 Å². The molecule has 0 saturated carbocycles. The predicted molar refractivity (Wildman–Crippen MR) is 209 cm³/mol. The van der Waals surface area contributed by atoms with Gasteiger partial charge in [-0.2, -0.15) is 0 Å². The monoisotopic (exact) mass is 767 g/mol. The molecule has 2 atom stereocenters. The molecule has 1 heterocycles. The second kappa shape index (κ2) is 39.2. The quantitative estimate of drug-likeness (QED) is 0.0285. The smallest absolute Gasteiger partial charge is 0.726 e. The third kappa shape index (κ3) is 36.9. The summed E-state index contributed by atoms with van der Waals surface area (Å²) < 4.78 is 58.4. The number of aromatic nitrogens is 2. The summed E-state index contributed by atoms with van der Waals surface area (Å²) in [4.78, 5) is 3.97. The average molecular weight is 767 g/mol. The van der Waals surface area contributed by atoms with E-state index in [0.717, 1.165) is 19.3 Å². The third-order valence-corrected chi connectivity index (χ3v) is 10.1. The fourth-order valence-corrected chi connectivity index (χ4v) is 6.99. The van der Waals surface area contributed by atoms with Gasteiger partial charge in [0.2, 0.25) is 10.4 Å². The molecule has 2 unspecified atom stereocenters. The largest absolute Gasteiger partial charge is 1.00 e. The second-order valence-corrected chi connectivity index (χ2v) is 15.7. The summed E-state index contributed by atoms with van der Waals surface area (Å²) in [5.74, 6) is 0. The minimum absolute atomic E-state index is 0. The van der Waals surface area contributed by atoms with E-state index in [9.17, 15) is 13.0 Å². The molecule has 0 bridgehead atoms. The van der Waals surface area contributed by atoms with Gasteiger partial charge in [-0.15, -0.1) is 0 Å². The van der Waals surface area contributed by atoms with Gasteiger partial charge in [0.25, 0.3) is 0 Å². The molecule has 1 aromatic heterocycles. The van der Waals surface area contributed by atoms with Crippen molar-refractivity contribution in [1.29, 1.82) is 0 Å². The fourth-order valence-electron chi connectivity index (χ4n) is 6.54. The van der Waals surface area contributed by atoms with E-state index in [1.165, 1.54) is 161 Å². The molecule has 11 heteroatoms. The summed E-state index contributed by atoms with van der Waals surface area (Å²) in [6, 6.07) is 0. The molecule has 0 saturated heterocycles. The first kappa shape index (κ1) is 52.0. The zero-order valence-electron chi connectivity index (χ0n) is 34.1. The van der Waals surface area contributed by atoms with Crippen LogP contribution in [0.1, 0.15) is 194 Å². The van der Waals surface area contributed by atoms with Crippen LogP contribution in [0.5, 0.6) is 0 Å². The molecule has 0 amide bonds. The number of ether oxygens (including phenoxy) is 3. The van der Waals surface area contributed by atoms with E-state index in [4.69, 9.17) is 18.4 Å². The molecular weight excluding hydrogens is 688 g/mol. The molecular formula is C41H79N2NaO7S. The van der Waals surface area contributed by atoms with E-state index in [0.29, 0.717) is 19.8 Å². The van der Waals surface area contributed by atoms with Crippen molar-refractivity contribution in [1.82, 2.24) is 9.55 Å². The van der Waals surface area contributed by atoms with Crippen LogP contribution in [0.4, 0.5) is 0 Å². The van der Waals surface area contributed by atoms with Crippen molar-refractivity contribution in [2.45, 2.75) is 212 Å². The first-order valence-electron chi connectivity index (χ1n) is 21.3. The van der Waals surface area contributed by atoms with E-state index in [-0.39, 0.29) is 55.4 Å². The molecule has 0 aliphatic rings. The van der Waals surface area contributed by atoms with Crippen LogP contribution in [-0.2, 0) is 35.3 Å². The number of hydrogen-bond donors (Lipinski definition) is 0. The summed E-state index contributed by atoms with van der Waals surface area (Å²) in [5, 5.41) is 0. The molecule has 0 spiro atoms. The summed E-state index contributed by atoms with van der Waals surface area (Å²) in [7, 11) is -4.87. The number of unbranched alkanes of at least 4 members (excludes halogenated alkanes) is 26. The Balaban J connectivity index is 0.0000260. The van der Waals surface area contributed by atoms with E-state index < -0.39 is 16.5 Å². The second-order valence-electron chi connectivity index (χ2n) is 14.7. The van der Waals surface area contributed by atoms with E-state index in [2.05, 4.69) is 18.8 Å². The van der Waals surface area contributed by atoms with E-state index in [1.807, 2.05) is 0 Å². The molecule has 9 nitrogen and oxygen atoms in total. The van der Waals surface area contributed by atoms with Crippen LogP contribution in [0.25, 0.3) is 0 Å². The van der Waals surface area contributed by atoms with Crippen molar-refractivity contribution >= 4 is 10.4 Å². The molecule has 1 rings (SSSR count). The minimum Gasteiger partial charge on any atom is -0.726 e. The van der Waals surface area contributed by atoms with Gasteiger partial charge in [-0.05, 0) is 12.8 Å². The average Bonchev–Trinajstić information content (AvgIpc) is 3.61. The van der Waals surface area contributed by atoms with Gasteiger partial charge in [-0.3, -0.25) is 4.18 Å². The van der Waals surface area contributed by atoms with Gasteiger partial charge in [-0.1, -0.05) is 181 Å². The van der Waals surface area contributed by atoms with Gasteiger partial charge in [-0.25, -0.2) is 13.4 Å². The van der Waals surface area contributed by atoms with Crippen LogP contribution in [0.2, 0.25) is 0 Å². The molecule has 52 heavy (non-hydrogen) atoms. The Morgan fingerprint density at radius 2 is 0.942 bits per heavy atom. The van der Waals surface area contributed by atoms with Gasteiger partial charge in [0, 0.05) is 25.6 Å². The number of imidazole rings is 1. The maximum Gasteiger partial charge on any atom is 1.00 e. The normalized spacial score (nSPS) is 13.0. The number of rotatable bonds is 41. The Bertz CT molecular complexity index is 940. The maximum atomic E-state index is 11.3. The molecule has 0 aliphatic carbocycles. The zero-order valence-corrected chi connectivity index (χ0v) is 36.9. The SMILES string of the molecule is CCCCCCCCCCCCCCCCOCC(COCC(Cn1ccnc1)OS(=O)(=O)[O-])OCCCCCCCCCCCCCCCC.[Na+]. The third-order valence-electron chi connectivity index (χ3n) is 9.63. The molecule has 302 valence electrons. The minimum atomic E-state index is -4.87. The van der Waals surface area contributed by atoms with Crippen molar-refractivity contribution in [2.75, 3.05) is 33.0 Å². The zero-order chi connectivity index (χ0) is 36.9. The Labute approximate surface area is 343 Å². The Hall–Kier alpha value is -0.0400. The topological polar surface area (TPSA) is 112 Å². The van der Waals surface area contributed by atoms with Crippen LogP contribution in [0.15, 0.2) is 18.7 Å². The van der Waals surface area contributed by atoms with Crippen molar-refractivity contribution in [3.63, 3.8) is 0 Å². The van der Waals surface area contributed by atoms with E-state index >= 15 is 0 Å². The van der Waals surface area contributed by atoms with Crippen LogP contribution in [-0.4, -0.2) is 67.8 Å². The number of hydrogen-bond acceptors (Lipinski definition) is 8. The van der Waals surface area contributed by atoms with Crippen LogP contribution < -0.4 is 29.6 Å². The van der Waals surface area contributed by atoms with Crippen molar-refractivity contribution in [2.24, 2.45) is 0 Å². The van der Waals surface area contributed by atoms with Gasteiger partial charge in [0.05, 0.1) is 32.7 Å². The number of nitrogens with zero attached hydrogens (tertiary/aromatic N) is 2. The molecule has 0 aliphatic heterocycles. The van der Waals surface area contributed by atoms with Crippen LogP contribution in [0, 0.1) is 0 Å². The Morgan fingerprint density at radius 1 is 0.558 bits per heavy atom. The summed E-state index contributed by atoms with van der Waals surface area (Å²) in [6.45, 7) is 6.61. The van der Waals surface area contributed by atoms with Gasteiger partial charge in [0.15, 0.2) is 0 Å². The summed E-state index contributed by atoms with van der Waals surface area (Å²) >= 11 is 0. The summed E-state index contributed by atoms with van der Waals surface area (Å²) in [5.41, 5.74) is 0. The van der Waals surface area contributed by atoms with Gasteiger partial charge >= 0.3 is 29.6 Å². The molecule has 0 fully saturated rings. The van der Waals surface area contributed by atoms with Crippen LogP contribution in [0.3, 0.4) is 0 Å². The van der Waals surface area contributed by atoms with E-state index in [1.54, 1.807) is 23.3 Å². The standard InChI is InChI=1S/C41H80N2O7S.Na/c1-3-5-7-9-11-13-15-17-19-21-23-25-27-29-33-47-37-41(38-48-36-40(50-51(44,45)46)35-43-32-31-42-39-43)49-34-30-28-26-24-22-20-18-16-14-12-10-8-6-4-2;/h31-32,39-41H,3-30,33-38H2,1-2H3,(H,44,45,46);/q;+1/p-1. The van der Waals surface area contributed by atoms with Crippen LogP contribution >= 0.6 is 0 Å². The summed E-state index contributed by atoms with van der Waals surface area (Å²) in [6.07, 6.45) is 40.5. The Morgan fingerprint density at radius 3 is 1.35 bits per heavy atom. The Kier molecular flexibility index (Phi) is 39.2. The maximum absolute atomic E-state index is 11.3. The predicted octanol–water partition coefficient (Wildman–Crippen LogP) is 8.11. The first-order chi connectivity index (χ1) is 24.9. The molecule has 0 radical (unpaired) electrons. The fraction of sp³-hybridized carbons (Fsp3) is 0.927. The van der Waals surface area contributed by atoms with Crippen molar-refractivity contribution < 1.29 is 60.9 Å². The molecule has 0 N–H and O–H groups in total. The van der Waals surface area contributed by atoms with Gasteiger partial charge in [0.1, 0.15) is 12.2 Å².